The van der Waals surface area contributed by atoms with Crippen LogP contribution >= 0.6 is 28.1 Å². The van der Waals surface area contributed by atoms with E-state index in [1.54, 1.807) is 36.4 Å². The summed E-state index contributed by atoms with van der Waals surface area (Å²) in [6.07, 6.45) is 2.87. The van der Waals surface area contributed by atoms with Gasteiger partial charge < -0.3 is 9.73 Å². The average molecular weight is 406 g/mol. The second kappa shape index (κ2) is 7.06. The van der Waals surface area contributed by atoms with Crippen molar-refractivity contribution in [3.05, 3.63) is 52.9 Å². The summed E-state index contributed by atoms with van der Waals surface area (Å²) in [6.45, 7) is 0.257. The summed E-state index contributed by atoms with van der Waals surface area (Å²) >= 11 is 8.47. The Morgan fingerprint density at radius 2 is 2.04 bits per heavy atom. The molecule has 2 amide bonds. The Hall–Kier alpha value is -2.32. The Balaban J connectivity index is 1.80. The fourth-order valence-electron chi connectivity index (χ4n) is 2.21. The van der Waals surface area contributed by atoms with Gasteiger partial charge in [-0.05, 0) is 48.6 Å². The number of benzene rings is 1. The van der Waals surface area contributed by atoms with E-state index in [4.69, 9.17) is 16.6 Å². The van der Waals surface area contributed by atoms with Gasteiger partial charge in [-0.25, -0.2) is 0 Å². The van der Waals surface area contributed by atoms with Crippen molar-refractivity contribution in [2.45, 2.75) is 6.54 Å². The van der Waals surface area contributed by atoms with Gasteiger partial charge in [0, 0.05) is 10.7 Å². The van der Waals surface area contributed by atoms with Gasteiger partial charge in [0.25, 0.3) is 5.91 Å². The molecule has 3 rings (SSSR count). The summed E-state index contributed by atoms with van der Waals surface area (Å²) in [4.78, 5) is 30.2. The third-order valence-corrected chi connectivity index (χ3v) is 4.18. The summed E-state index contributed by atoms with van der Waals surface area (Å²) in [6, 6.07) is 10.6. The summed E-state index contributed by atoms with van der Waals surface area (Å²) in [5.74, 6) is -1.30. The Kier molecular flexibility index (Phi) is 4.86. The lowest BCUT2D eigenvalue weighted by atomic mass is 10.1. The number of rotatable bonds is 4. The molecule has 6 nitrogen and oxygen atoms in total. The molecule has 1 aromatic carbocycles. The minimum absolute atomic E-state index is 0.0583. The largest absolute Gasteiger partial charge is 0.467 e. The Morgan fingerprint density at radius 3 is 2.71 bits per heavy atom. The van der Waals surface area contributed by atoms with Crippen molar-refractivity contribution in [2.24, 2.45) is 10.9 Å². The van der Waals surface area contributed by atoms with Gasteiger partial charge in [0.15, 0.2) is 11.0 Å². The number of nitrogens with one attached hydrogen (secondary N) is 1. The zero-order valence-electron chi connectivity index (χ0n) is 12.3. The summed E-state index contributed by atoms with van der Waals surface area (Å²) in [5.41, 5.74) is 0.581. The maximum atomic E-state index is 12.7. The first kappa shape index (κ1) is 16.5. The third-order valence-electron chi connectivity index (χ3n) is 3.37. The van der Waals surface area contributed by atoms with Crippen LogP contribution in [-0.2, 0) is 16.1 Å². The first-order valence-corrected chi connectivity index (χ1v) is 8.23. The molecular weight excluding hydrogens is 394 g/mol. The quantitative estimate of drug-likeness (QED) is 0.481. The number of amides is 2. The molecule has 24 heavy (non-hydrogen) atoms. The minimum Gasteiger partial charge on any atom is -0.467 e. The number of anilines is 1. The van der Waals surface area contributed by atoms with Crippen LogP contribution in [0.5, 0.6) is 0 Å². The van der Waals surface area contributed by atoms with E-state index in [0.29, 0.717) is 11.4 Å². The van der Waals surface area contributed by atoms with Crippen LogP contribution in [0.4, 0.5) is 5.69 Å². The molecule has 0 radical (unpaired) electrons. The van der Waals surface area contributed by atoms with Gasteiger partial charge in [0.2, 0.25) is 5.91 Å². The summed E-state index contributed by atoms with van der Waals surface area (Å²) in [5, 5.41) is 2.60. The van der Waals surface area contributed by atoms with Crippen molar-refractivity contribution in [1.82, 2.24) is 5.32 Å². The maximum Gasteiger partial charge on any atom is 0.251 e. The third kappa shape index (κ3) is 3.44. The van der Waals surface area contributed by atoms with E-state index in [0.717, 1.165) is 4.47 Å². The highest BCUT2D eigenvalue weighted by molar-refractivity contribution is 9.10. The zero-order valence-corrected chi connectivity index (χ0v) is 14.7. The van der Waals surface area contributed by atoms with E-state index in [1.807, 2.05) is 0 Å². The van der Waals surface area contributed by atoms with Gasteiger partial charge in [0.05, 0.1) is 18.5 Å². The van der Waals surface area contributed by atoms with Crippen LogP contribution in [-0.4, -0.2) is 23.1 Å². The zero-order chi connectivity index (χ0) is 17.1. The van der Waals surface area contributed by atoms with E-state index >= 15 is 0 Å². The number of carbonyl (C=O) groups is 2. The van der Waals surface area contributed by atoms with E-state index in [2.05, 4.69) is 26.2 Å². The van der Waals surface area contributed by atoms with Gasteiger partial charge in [-0.1, -0.05) is 15.9 Å². The molecule has 1 aliphatic heterocycles. The Labute approximate surface area is 151 Å². The highest BCUT2D eigenvalue weighted by Crippen LogP contribution is 2.22. The first-order chi connectivity index (χ1) is 11.6. The summed E-state index contributed by atoms with van der Waals surface area (Å²) in [7, 11) is 0. The van der Waals surface area contributed by atoms with Crippen molar-refractivity contribution in [2.75, 3.05) is 4.90 Å². The number of furan rings is 1. The molecule has 8 heteroatoms. The van der Waals surface area contributed by atoms with Crippen LogP contribution in [0.25, 0.3) is 0 Å². The standard InChI is InChI=1S/C16H12BrN3O3S/c17-10-3-5-11(6-4-10)20-15(22)13(14(21)19-16(20)24)9-18-8-12-2-1-7-23-12/h1-7,9,13H,8H2,(H,19,21,24). The van der Waals surface area contributed by atoms with Gasteiger partial charge >= 0.3 is 0 Å². The van der Waals surface area contributed by atoms with E-state index in [9.17, 15) is 9.59 Å². The van der Waals surface area contributed by atoms with Crippen LogP contribution in [0.15, 0.2) is 56.5 Å². The summed E-state index contributed by atoms with van der Waals surface area (Å²) < 4.78 is 6.04. The maximum absolute atomic E-state index is 12.7. The van der Waals surface area contributed by atoms with Crippen molar-refractivity contribution >= 4 is 57.0 Å². The normalized spacial score (nSPS) is 18.3. The molecule has 0 aliphatic carbocycles. The molecule has 2 heterocycles. The average Bonchev–Trinajstić information content (AvgIpc) is 3.05. The lowest BCUT2D eigenvalue weighted by molar-refractivity contribution is -0.130. The van der Waals surface area contributed by atoms with Crippen molar-refractivity contribution in [3.63, 3.8) is 0 Å². The van der Waals surface area contributed by atoms with Crippen LogP contribution in [0.2, 0.25) is 0 Å². The SMILES string of the molecule is O=C1NC(=S)N(c2ccc(Br)cc2)C(=O)C1C=NCc1ccco1. The molecule has 1 fully saturated rings. The van der Waals surface area contributed by atoms with Gasteiger partial charge in [-0.15, -0.1) is 0 Å². The van der Waals surface area contributed by atoms with Gasteiger partial charge in [-0.3, -0.25) is 19.5 Å². The van der Waals surface area contributed by atoms with Crippen molar-refractivity contribution in [1.29, 1.82) is 0 Å². The lowest BCUT2D eigenvalue weighted by Crippen LogP contribution is -2.58. The highest BCUT2D eigenvalue weighted by atomic mass is 79.9. The molecule has 122 valence electrons. The van der Waals surface area contributed by atoms with Crippen LogP contribution in [0.3, 0.4) is 0 Å². The first-order valence-electron chi connectivity index (χ1n) is 7.03. The van der Waals surface area contributed by atoms with Crippen LogP contribution < -0.4 is 10.2 Å². The predicted molar refractivity (Wildman–Crippen MR) is 96.8 cm³/mol. The Bertz CT molecular complexity index is 802. The molecule has 0 saturated carbocycles. The fraction of sp³-hybridized carbons (Fsp3) is 0.125. The minimum atomic E-state index is -1.03. The number of halogens is 1. The molecule has 1 saturated heterocycles. The topological polar surface area (TPSA) is 74.9 Å². The van der Waals surface area contributed by atoms with Crippen LogP contribution in [0.1, 0.15) is 5.76 Å². The van der Waals surface area contributed by atoms with Crippen molar-refractivity contribution in [3.8, 4) is 0 Å². The number of carbonyl (C=O) groups excluding carboxylic acids is 2. The molecular formula is C16H12BrN3O3S. The van der Waals surface area contributed by atoms with E-state index in [-0.39, 0.29) is 11.7 Å². The van der Waals surface area contributed by atoms with Crippen molar-refractivity contribution < 1.29 is 14.0 Å². The fourth-order valence-corrected chi connectivity index (χ4v) is 2.77. The molecule has 0 bridgehead atoms. The van der Waals surface area contributed by atoms with E-state index < -0.39 is 17.7 Å². The van der Waals surface area contributed by atoms with Gasteiger partial charge in [0.1, 0.15) is 5.76 Å². The second-order valence-corrected chi connectivity index (χ2v) is 6.29. The Morgan fingerprint density at radius 1 is 1.29 bits per heavy atom. The molecule has 0 spiro atoms. The number of hydrogen-bond acceptors (Lipinski definition) is 5. The molecule has 1 atom stereocenters. The number of thiocarbonyl (C=S) groups is 1. The number of hydrogen-bond donors (Lipinski definition) is 1. The lowest BCUT2D eigenvalue weighted by Gasteiger charge is -2.30. The molecule has 1 aromatic heterocycles. The van der Waals surface area contributed by atoms with E-state index in [1.165, 1.54) is 17.4 Å². The highest BCUT2D eigenvalue weighted by Gasteiger charge is 2.38. The van der Waals surface area contributed by atoms with Gasteiger partial charge in [-0.2, -0.15) is 0 Å². The molecule has 1 aliphatic rings. The molecule has 1 N–H and O–H groups in total. The monoisotopic (exact) mass is 405 g/mol. The van der Waals surface area contributed by atoms with Crippen LogP contribution in [0, 0.1) is 5.92 Å². The predicted octanol–water partition coefficient (Wildman–Crippen LogP) is 2.68. The number of nitrogens with zero attached hydrogens (tertiary/aromatic N) is 2. The molecule has 1 unspecified atom stereocenters. The number of aliphatic imine (C=N–C) groups is 1. The second-order valence-electron chi connectivity index (χ2n) is 4.99. The smallest absolute Gasteiger partial charge is 0.251 e. The molecule has 2 aromatic rings.